The minimum Gasteiger partial charge on any atom is -0.399 e. The van der Waals surface area contributed by atoms with Crippen molar-refractivity contribution in [1.29, 1.82) is 0 Å². The Morgan fingerprint density at radius 2 is 2.00 bits per heavy atom. The molecule has 1 aromatic heterocycles. The van der Waals surface area contributed by atoms with Crippen LogP contribution in [0.2, 0.25) is 0 Å². The third kappa shape index (κ3) is 2.87. The second-order valence-electron chi connectivity index (χ2n) is 4.38. The van der Waals surface area contributed by atoms with Gasteiger partial charge in [0.2, 0.25) is 0 Å². The van der Waals surface area contributed by atoms with Gasteiger partial charge in [-0.2, -0.15) is 5.10 Å². The summed E-state index contributed by atoms with van der Waals surface area (Å²) in [5, 5.41) is 4.39. The summed E-state index contributed by atoms with van der Waals surface area (Å²) in [6, 6.07) is 6.99. The molecule has 100 valence electrons. The first-order valence-corrected chi connectivity index (χ1v) is 6.92. The Hall–Kier alpha value is -1.62. The van der Waals surface area contributed by atoms with Crippen molar-refractivity contribution in [2.24, 2.45) is 0 Å². The number of benzene rings is 1. The third-order valence-corrected chi connectivity index (χ3v) is 4.04. The maximum atomic E-state index is 12.3. The molecule has 0 amide bonds. The van der Waals surface area contributed by atoms with E-state index in [2.05, 4.69) is 21.0 Å². The number of nitrogens with zero attached hydrogens (tertiary/aromatic N) is 2. The second kappa shape index (κ2) is 5.57. The first kappa shape index (κ1) is 13.8. The van der Waals surface area contributed by atoms with E-state index in [1.54, 1.807) is 24.3 Å². The van der Waals surface area contributed by atoms with E-state index in [-0.39, 0.29) is 5.78 Å². The van der Waals surface area contributed by atoms with Crippen LogP contribution in [-0.2, 0) is 13.0 Å². The summed E-state index contributed by atoms with van der Waals surface area (Å²) in [7, 11) is 0. The summed E-state index contributed by atoms with van der Waals surface area (Å²) >= 11 is 3.50. The van der Waals surface area contributed by atoms with Gasteiger partial charge in [-0.1, -0.05) is 0 Å². The number of carbonyl (C=O) groups excluding carboxylic acids is 1. The molecule has 2 N–H and O–H groups in total. The van der Waals surface area contributed by atoms with E-state index >= 15 is 0 Å². The lowest BCUT2D eigenvalue weighted by atomic mass is 10.1. The maximum absolute atomic E-state index is 12.3. The fourth-order valence-electron chi connectivity index (χ4n) is 1.96. The molecular formula is C14H16BrN3O. The lowest BCUT2D eigenvalue weighted by molar-refractivity contribution is 0.0990. The van der Waals surface area contributed by atoms with Gasteiger partial charge in [0.25, 0.3) is 0 Å². The summed E-state index contributed by atoms with van der Waals surface area (Å²) < 4.78 is 2.77. The molecule has 4 nitrogen and oxygen atoms in total. The van der Waals surface area contributed by atoms with E-state index in [0.717, 1.165) is 22.4 Å². The zero-order valence-corrected chi connectivity index (χ0v) is 12.6. The van der Waals surface area contributed by atoms with Crippen LogP contribution in [-0.4, -0.2) is 15.6 Å². The highest BCUT2D eigenvalue weighted by Gasteiger charge is 2.16. The normalized spacial score (nSPS) is 10.7. The van der Waals surface area contributed by atoms with Crippen LogP contribution in [0.15, 0.2) is 28.7 Å². The van der Waals surface area contributed by atoms with Gasteiger partial charge in [-0.25, -0.2) is 0 Å². The van der Waals surface area contributed by atoms with E-state index in [0.29, 0.717) is 17.7 Å². The summed E-state index contributed by atoms with van der Waals surface area (Å²) in [6.07, 6.45) is 0.333. The lowest BCUT2D eigenvalue weighted by Crippen LogP contribution is -2.10. The van der Waals surface area contributed by atoms with Gasteiger partial charge in [-0.3, -0.25) is 9.48 Å². The molecule has 1 aromatic carbocycles. The molecule has 2 aromatic rings. The third-order valence-electron chi connectivity index (χ3n) is 3.01. The first-order valence-electron chi connectivity index (χ1n) is 6.13. The van der Waals surface area contributed by atoms with Crippen molar-refractivity contribution >= 4 is 27.4 Å². The zero-order valence-electron chi connectivity index (χ0n) is 11.0. The van der Waals surface area contributed by atoms with Gasteiger partial charge in [-0.15, -0.1) is 0 Å². The van der Waals surface area contributed by atoms with Gasteiger partial charge >= 0.3 is 0 Å². The molecule has 0 unspecified atom stereocenters. The molecule has 0 aliphatic rings. The van der Waals surface area contributed by atoms with Crippen molar-refractivity contribution < 1.29 is 4.79 Å². The SMILES string of the molecule is CCn1nc(C)c(Br)c1CC(=O)c1ccc(N)cc1. The van der Waals surface area contributed by atoms with Gasteiger partial charge in [0, 0.05) is 17.8 Å². The standard InChI is InChI=1S/C14H16BrN3O/c1-3-18-12(14(15)9(2)17-18)8-13(19)10-4-6-11(16)7-5-10/h4-7H,3,8,16H2,1-2H3. The van der Waals surface area contributed by atoms with Gasteiger partial charge in [0.05, 0.1) is 22.3 Å². The molecule has 0 atom stereocenters. The number of aryl methyl sites for hydroxylation is 2. The molecule has 0 fully saturated rings. The highest BCUT2D eigenvalue weighted by atomic mass is 79.9. The fourth-order valence-corrected chi connectivity index (χ4v) is 2.39. The van der Waals surface area contributed by atoms with Crippen molar-refractivity contribution in [2.75, 3.05) is 5.73 Å². The van der Waals surface area contributed by atoms with Crippen LogP contribution in [0.25, 0.3) is 0 Å². The van der Waals surface area contributed by atoms with E-state index in [9.17, 15) is 4.79 Å². The average molecular weight is 322 g/mol. The van der Waals surface area contributed by atoms with Crippen LogP contribution in [0.1, 0.15) is 28.7 Å². The molecule has 0 saturated carbocycles. The van der Waals surface area contributed by atoms with Crippen LogP contribution in [0.3, 0.4) is 0 Å². The smallest absolute Gasteiger partial charge is 0.168 e. The molecule has 0 aliphatic heterocycles. The van der Waals surface area contributed by atoms with E-state index in [1.807, 2.05) is 18.5 Å². The van der Waals surface area contributed by atoms with Crippen molar-refractivity contribution in [3.8, 4) is 0 Å². The number of hydrogen-bond donors (Lipinski definition) is 1. The summed E-state index contributed by atoms with van der Waals surface area (Å²) in [6.45, 7) is 4.68. The van der Waals surface area contributed by atoms with Crippen molar-refractivity contribution in [1.82, 2.24) is 9.78 Å². The minimum absolute atomic E-state index is 0.0651. The van der Waals surface area contributed by atoms with Gasteiger partial charge in [-0.05, 0) is 54.0 Å². The lowest BCUT2D eigenvalue weighted by Gasteiger charge is -2.05. The molecule has 0 spiro atoms. The van der Waals surface area contributed by atoms with Crippen LogP contribution in [0.5, 0.6) is 0 Å². The maximum Gasteiger partial charge on any atom is 0.168 e. The molecule has 1 heterocycles. The fraction of sp³-hybridized carbons (Fsp3) is 0.286. The highest BCUT2D eigenvalue weighted by molar-refractivity contribution is 9.10. The Labute approximate surface area is 120 Å². The number of anilines is 1. The molecule has 0 aliphatic carbocycles. The Kier molecular flexibility index (Phi) is 4.04. The Morgan fingerprint density at radius 3 is 2.58 bits per heavy atom. The Morgan fingerprint density at radius 1 is 1.37 bits per heavy atom. The molecule has 2 rings (SSSR count). The Balaban J connectivity index is 2.26. The van der Waals surface area contributed by atoms with Crippen LogP contribution >= 0.6 is 15.9 Å². The Bertz CT molecular complexity index is 602. The second-order valence-corrected chi connectivity index (χ2v) is 5.18. The highest BCUT2D eigenvalue weighted by Crippen LogP contribution is 2.22. The summed E-state index contributed by atoms with van der Waals surface area (Å²) in [5.74, 6) is 0.0651. The summed E-state index contributed by atoms with van der Waals surface area (Å²) in [5.41, 5.74) is 8.77. The summed E-state index contributed by atoms with van der Waals surface area (Å²) in [4.78, 5) is 12.3. The van der Waals surface area contributed by atoms with E-state index < -0.39 is 0 Å². The average Bonchev–Trinajstić information content (AvgIpc) is 2.67. The number of aromatic nitrogens is 2. The van der Waals surface area contributed by atoms with Crippen molar-refractivity contribution in [3.05, 3.63) is 45.7 Å². The van der Waals surface area contributed by atoms with E-state index in [4.69, 9.17) is 5.73 Å². The number of hydrogen-bond acceptors (Lipinski definition) is 3. The molecule has 0 radical (unpaired) electrons. The molecule has 19 heavy (non-hydrogen) atoms. The predicted octanol–water partition coefficient (Wildman–Crippen LogP) is 2.98. The number of halogens is 1. The van der Waals surface area contributed by atoms with Crippen molar-refractivity contribution in [3.63, 3.8) is 0 Å². The quantitative estimate of drug-likeness (QED) is 0.695. The number of nitrogens with two attached hydrogens (primary N) is 1. The topological polar surface area (TPSA) is 60.9 Å². The van der Waals surface area contributed by atoms with Gasteiger partial charge in [0.15, 0.2) is 5.78 Å². The molecule has 0 saturated heterocycles. The first-order chi connectivity index (χ1) is 9.02. The van der Waals surface area contributed by atoms with Gasteiger partial charge in [0.1, 0.15) is 0 Å². The molecule has 5 heteroatoms. The number of rotatable bonds is 4. The van der Waals surface area contributed by atoms with Crippen LogP contribution < -0.4 is 5.73 Å². The number of nitrogen functional groups attached to an aromatic ring is 1. The number of carbonyl (C=O) groups is 1. The monoisotopic (exact) mass is 321 g/mol. The number of ketones is 1. The molecule has 0 bridgehead atoms. The van der Waals surface area contributed by atoms with Gasteiger partial charge < -0.3 is 5.73 Å². The van der Waals surface area contributed by atoms with E-state index in [1.165, 1.54) is 0 Å². The minimum atomic E-state index is 0.0651. The molecular weight excluding hydrogens is 306 g/mol. The largest absolute Gasteiger partial charge is 0.399 e. The zero-order chi connectivity index (χ0) is 14.0. The van der Waals surface area contributed by atoms with Crippen molar-refractivity contribution in [2.45, 2.75) is 26.8 Å². The van der Waals surface area contributed by atoms with Crippen LogP contribution in [0, 0.1) is 6.92 Å². The van der Waals surface area contributed by atoms with Crippen LogP contribution in [0.4, 0.5) is 5.69 Å². The number of Topliss-reactive ketones (excluding diaryl/α,β-unsaturated/α-hetero) is 1. The predicted molar refractivity (Wildman–Crippen MR) is 79.2 cm³/mol.